The van der Waals surface area contributed by atoms with Crippen LogP contribution in [-0.2, 0) is 9.53 Å². The van der Waals surface area contributed by atoms with E-state index in [0.29, 0.717) is 6.54 Å². The first-order valence-electron chi connectivity index (χ1n) is 7.88. The Balaban J connectivity index is 1.54. The van der Waals surface area contributed by atoms with E-state index in [2.05, 4.69) is 5.32 Å². The van der Waals surface area contributed by atoms with Crippen molar-refractivity contribution >= 4 is 5.91 Å². The summed E-state index contributed by atoms with van der Waals surface area (Å²) < 4.78 is 5.55. The molecule has 19 heavy (non-hydrogen) atoms. The first-order valence-corrected chi connectivity index (χ1v) is 7.88. The fourth-order valence-electron chi connectivity index (χ4n) is 2.71. The molecular weight excluding hydrogens is 240 g/mol. The lowest BCUT2D eigenvalue weighted by atomic mass is 9.94. The minimum atomic E-state index is 0.0230. The second-order valence-corrected chi connectivity index (χ2v) is 6.07. The van der Waals surface area contributed by atoms with E-state index in [1.54, 1.807) is 0 Å². The van der Waals surface area contributed by atoms with Gasteiger partial charge in [-0.15, -0.1) is 0 Å². The van der Waals surface area contributed by atoms with Crippen LogP contribution in [0.4, 0.5) is 0 Å². The molecule has 3 N–H and O–H groups in total. The first-order chi connectivity index (χ1) is 9.27. The van der Waals surface area contributed by atoms with Crippen LogP contribution in [0.5, 0.6) is 0 Å². The van der Waals surface area contributed by atoms with Crippen LogP contribution in [0.25, 0.3) is 0 Å². The Morgan fingerprint density at radius 3 is 2.74 bits per heavy atom. The van der Waals surface area contributed by atoms with Gasteiger partial charge in [0, 0.05) is 25.8 Å². The number of rotatable bonds is 7. The third kappa shape index (κ3) is 5.49. The number of ether oxygens (including phenoxy) is 1. The van der Waals surface area contributed by atoms with Crippen molar-refractivity contribution in [2.45, 2.75) is 57.4 Å². The number of amides is 1. The standard InChI is InChI=1S/C15H28N2O2/c16-14-6-3-1-2-5-13(14)15(18)17-9-4-10-19-11-12-7-8-12/h12-14H,1-11,16H2,(H,17,18). The van der Waals surface area contributed by atoms with Crippen molar-refractivity contribution in [2.75, 3.05) is 19.8 Å². The molecule has 0 aliphatic heterocycles. The van der Waals surface area contributed by atoms with Crippen molar-refractivity contribution in [1.29, 1.82) is 0 Å². The van der Waals surface area contributed by atoms with Crippen LogP contribution in [0.2, 0.25) is 0 Å². The second kappa shape index (κ2) is 7.85. The van der Waals surface area contributed by atoms with Crippen LogP contribution >= 0.6 is 0 Å². The molecule has 0 heterocycles. The Morgan fingerprint density at radius 2 is 1.95 bits per heavy atom. The topological polar surface area (TPSA) is 64.4 Å². The smallest absolute Gasteiger partial charge is 0.224 e. The largest absolute Gasteiger partial charge is 0.381 e. The average Bonchev–Trinajstić information content (AvgIpc) is 3.21. The molecule has 2 aliphatic carbocycles. The summed E-state index contributed by atoms with van der Waals surface area (Å²) in [5.74, 6) is 0.991. The number of nitrogens with one attached hydrogen (secondary N) is 1. The molecule has 2 rings (SSSR count). The van der Waals surface area contributed by atoms with E-state index in [9.17, 15) is 4.79 Å². The maximum atomic E-state index is 12.1. The zero-order valence-electron chi connectivity index (χ0n) is 11.9. The SMILES string of the molecule is NC1CCCCCC1C(=O)NCCCOCC1CC1. The van der Waals surface area contributed by atoms with Crippen LogP contribution in [0, 0.1) is 11.8 Å². The molecule has 0 bridgehead atoms. The van der Waals surface area contributed by atoms with Gasteiger partial charge < -0.3 is 15.8 Å². The van der Waals surface area contributed by atoms with E-state index < -0.39 is 0 Å². The van der Waals surface area contributed by atoms with Gasteiger partial charge in [-0.05, 0) is 38.0 Å². The summed E-state index contributed by atoms with van der Waals surface area (Å²) in [7, 11) is 0. The Bertz CT molecular complexity index is 279. The Hall–Kier alpha value is -0.610. The van der Waals surface area contributed by atoms with Crippen LogP contribution in [0.3, 0.4) is 0 Å². The van der Waals surface area contributed by atoms with Crippen molar-refractivity contribution in [3.63, 3.8) is 0 Å². The summed E-state index contributed by atoms with van der Waals surface area (Å²) in [6.07, 6.45) is 9.02. The molecule has 1 amide bonds. The molecule has 2 saturated carbocycles. The molecule has 0 saturated heterocycles. The lowest BCUT2D eigenvalue weighted by Crippen LogP contribution is -2.41. The van der Waals surface area contributed by atoms with Crippen LogP contribution in [0.1, 0.15) is 51.4 Å². The van der Waals surface area contributed by atoms with Gasteiger partial charge in [0.2, 0.25) is 5.91 Å². The van der Waals surface area contributed by atoms with Gasteiger partial charge in [0.1, 0.15) is 0 Å². The van der Waals surface area contributed by atoms with Crippen molar-refractivity contribution in [2.24, 2.45) is 17.6 Å². The van der Waals surface area contributed by atoms with Crippen molar-refractivity contribution in [3.05, 3.63) is 0 Å². The number of carbonyl (C=O) groups excluding carboxylic acids is 1. The molecule has 0 aromatic heterocycles. The molecule has 0 aromatic rings. The molecule has 0 spiro atoms. The molecule has 0 radical (unpaired) electrons. The fourth-order valence-corrected chi connectivity index (χ4v) is 2.71. The molecule has 2 atom stereocenters. The average molecular weight is 268 g/mol. The van der Waals surface area contributed by atoms with Crippen LogP contribution in [-0.4, -0.2) is 31.7 Å². The van der Waals surface area contributed by atoms with Gasteiger partial charge in [-0.25, -0.2) is 0 Å². The van der Waals surface area contributed by atoms with E-state index in [1.165, 1.54) is 25.7 Å². The number of nitrogens with two attached hydrogens (primary N) is 1. The molecule has 110 valence electrons. The van der Waals surface area contributed by atoms with Crippen molar-refractivity contribution < 1.29 is 9.53 Å². The highest BCUT2D eigenvalue weighted by molar-refractivity contribution is 5.79. The molecular formula is C15H28N2O2. The summed E-state index contributed by atoms with van der Waals surface area (Å²) in [6, 6.07) is 0.0496. The third-order valence-electron chi connectivity index (χ3n) is 4.22. The van der Waals surface area contributed by atoms with E-state index in [-0.39, 0.29) is 17.9 Å². The molecule has 4 heteroatoms. The van der Waals surface area contributed by atoms with Crippen molar-refractivity contribution in [1.82, 2.24) is 5.32 Å². The quantitative estimate of drug-likeness (QED) is 0.547. The number of carbonyl (C=O) groups is 1. The van der Waals surface area contributed by atoms with Gasteiger partial charge in [0.25, 0.3) is 0 Å². The Labute approximate surface area is 116 Å². The lowest BCUT2D eigenvalue weighted by molar-refractivity contribution is -0.125. The number of hydrogen-bond donors (Lipinski definition) is 2. The highest BCUT2D eigenvalue weighted by Crippen LogP contribution is 2.28. The third-order valence-corrected chi connectivity index (χ3v) is 4.22. The summed E-state index contributed by atoms with van der Waals surface area (Å²) in [4.78, 5) is 12.1. The normalized spacial score (nSPS) is 27.8. The molecule has 0 aromatic carbocycles. The van der Waals surface area contributed by atoms with Gasteiger partial charge in [-0.3, -0.25) is 4.79 Å². The maximum absolute atomic E-state index is 12.1. The zero-order valence-corrected chi connectivity index (χ0v) is 11.9. The Kier molecular flexibility index (Phi) is 6.11. The molecule has 4 nitrogen and oxygen atoms in total. The first kappa shape index (κ1) is 14.8. The second-order valence-electron chi connectivity index (χ2n) is 6.07. The van der Waals surface area contributed by atoms with Gasteiger partial charge in [-0.1, -0.05) is 19.3 Å². The Morgan fingerprint density at radius 1 is 1.16 bits per heavy atom. The summed E-state index contributed by atoms with van der Waals surface area (Å²) >= 11 is 0. The van der Waals surface area contributed by atoms with Gasteiger partial charge in [0.05, 0.1) is 5.92 Å². The van der Waals surface area contributed by atoms with E-state index >= 15 is 0 Å². The minimum absolute atomic E-state index is 0.0230. The van der Waals surface area contributed by atoms with Gasteiger partial charge in [-0.2, -0.15) is 0 Å². The number of hydrogen-bond acceptors (Lipinski definition) is 3. The fraction of sp³-hybridized carbons (Fsp3) is 0.933. The minimum Gasteiger partial charge on any atom is -0.381 e. The monoisotopic (exact) mass is 268 g/mol. The van der Waals surface area contributed by atoms with E-state index in [1.807, 2.05) is 0 Å². The summed E-state index contributed by atoms with van der Waals surface area (Å²) in [6.45, 7) is 2.38. The lowest BCUT2D eigenvalue weighted by Gasteiger charge is -2.20. The highest BCUT2D eigenvalue weighted by Gasteiger charge is 2.26. The zero-order chi connectivity index (χ0) is 13.5. The molecule has 2 aliphatic rings. The maximum Gasteiger partial charge on any atom is 0.224 e. The highest BCUT2D eigenvalue weighted by atomic mass is 16.5. The van der Waals surface area contributed by atoms with Crippen LogP contribution < -0.4 is 11.1 Å². The molecule has 2 fully saturated rings. The van der Waals surface area contributed by atoms with Crippen LogP contribution in [0.15, 0.2) is 0 Å². The predicted octanol–water partition coefficient (Wildman–Crippen LogP) is 1.83. The molecule has 2 unspecified atom stereocenters. The van der Waals surface area contributed by atoms with Gasteiger partial charge >= 0.3 is 0 Å². The summed E-state index contributed by atoms with van der Waals surface area (Å²) in [5, 5.41) is 3.02. The summed E-state index contributed by atoms with van der Waals surface area (Å²) in [5.41, 5.74) is 6.09. The van der Waals surface area contributed by atoms with Gasteiger partial charge in [0.15, 0.2) is 0 Å². The van der Waals surface area contributed by atoms with Crippen molar-refractivity contribution in [3.8, 4) is 0 Å². The van der Waals surface area contributed by atoms with E-state index in [4.69, 9.17) is 10.5 Å². The van der Waals surface area contributed by atoms with E-state index in [0.717, 1.165) is 44.8 Å². The predicted molar refractivity (Wildman–Crippen MR) is 75.7 cm³/mol.